The zero-order chi connectivity index (χ0) is 13.9. The van der Waals surface area contributed by atoms with E-state index in [9.17, 15) is 4.79 Å². The minimum atomic E-state index is 0.177. The molecule has 2 heterocycles. The van der Waals surface area contributed by atoms with Crippen molar-refractivity contribution in [3.63, 3.8) is 0 Å². The number of ether oxygens (including phenoxy) is 1. The van der Waals surface area contributed by atoms with E-state index in [1.807, 2.05) is 17.0 Å². The third-order valence-electron chi connectivity index (χ3n) is 4.28. The highest BCUT2D eigenvalue weighted by atomic mass is 16.5. The van der Waals surface area contributed by atoms with Crippen molar-refractivity contribution in [3.8, 4) is 0 Å². The van der Waals surface area contributed by atoms with Crippen molar-refractivity contribution in [1.82, 2.24) is 0 Å². The summed E-state index contributed by atoms with van der Waals surface area (Å²) in [7, 11) is 0. The Kier molecular flexibility index (Phi) is 3.92. The van der Waals surface area contributed by atoms with Gasteiger partial charge in [-0.25, -0.2) is 0 Å². The Hall–Kier alpha value is -1.55. The number of carbonyl (C=O) groups is 1. The number of nitrogens with zero attached hydrogens (tertiary/aromatic N) is 1. The molecular formula is C16H22N2O2. The molecular weight excluding hydrogens is 252 g/mol. The van der Waals surface area contributed by atoms with Crippen LogP contribution >= 0.6 is 0 Å². The van der Waals surface area contributed by atoms with E-state index in [-0.39, 0.29) is 12.0 Å². The van der Waals surface area contributed by atoms with Gasteiger partial charge in [0.05, 0.1) is 17.5 Å². The summed E-state index contributed by atoms with van der Waals surface area (Å²) in [5, 5.41) is 0. The van der Waals surface area contributed by atoms with Gasteiger partial charge in [-0.05, 0) is 43.7 Å². The van der Waals surface area contributed by atoms with Crippen LogP contribution < -0.4 is 10.6 Å². The monoisotopic (exact) mass is 274 g/mol. The van der Waals surface area contributed by atoms with Crippen LogP contribution in [0.5, 0.6) is 0 Å². The third-order valence-corrected chi connectivity index (χ3v) is 4.28. The summed E-state index contributed by atoms with van der Waals surface area (Å²) in [4.78, 5) is 14.3. The molecule has 108 valence electrons. The summed E-state index contributed by atoms with van der Waals surface area (Å²) in [6, 6.07) is 5.88. The zero-order valence-electron chi connectivity index (χ0n) is 11.8. The van der Waals surface area contributed by atoms with Crippen LogP contribution in [0.1, 0.15) is 37.7 Å². The molecule has 1 unspecified atom stereocenters. The lowest BCUT2D eigenvalue weighted by Gasteiger charge is -2.24. The van der Waals surface area contributed by atoms with Gasteiger partial charge in [0.1, 0.15) is 0 Å². The molecule has 2 aliphatic rings. The van der Waals surface area contributed by atoms with E-state index in [1.165, 1.54) is 12.0 Å². The highest BCUT2D eigenvalue weighted by Gasteiger charge is 2.27. The number of nitrogens with two attached hydrogens (primary N) is 1. The predicted molar refractivity (Wildman–Crippen MR) is 79.7 cm³/mol. The van der Waals surface area contributed by atoms with Crippen molar-refractivity contribution >= 4 is 17.3 Å². The summed E-state index contributed by atoms with van der Waals surface area (Å²) in [5.74, 6) is 0.177. The number of anilines is 2. The minimum Gasteiger partial charge on any atom is -0.397 e. The molecule has 20 heavy (non-hydrogen) atoms. The molecule has 1 atom stereocenters. The molecule has 0 saturated carbocycles. The predicted octanol–water partition coefficient (Wildman–Crippen LogP) is 2.51. The van der Waals surface area contributed by atoms with Crippen molar-refractivity contribution in [1.29, 1.82) is 0 Å². The van der Waals surface area contributed by atoms with E-state index in [4.69, 9.17) is 10.5 Å². The number of nitrogen functional groups attached to an aromatic ring is 1. The maximum atomic E-state index is 12.4. The van der Waals surface area contributed by atoms with Crippen molar-refractivity contribution in [2.75, 3.05) is 23.8 Å². The lowest BCUT2D eigenvalue weighted by molar-refractivity contribution is -0.119. The van der Waals surface area contributed by atoms with Gasteiger partial charge in [0.25, 0.3) is 0 Å². The van der Waals surface area contributed by atoms with Crippen LogP contribution in [-0.2, 0) is 16.0 Å². The first kappa shape index (κ1) is 13.4. The molecule has 4 heteroatoms. The normalized spacial score (nSPS) is 21.8. The number of hydrogen-bond donors (Lipinski definition) is 1. The van der Waals surface area contributed by atoms with Gasteiger partial charge in [-0.1, -0.05) is 12.1 Å². The first-order valence-corrected chi connectivity index (χ1v) is 7.55. The quantitative estimate of drug-likeness (QED) is 0.862. The molecule has 1 aromatic carbocycles. The van der Waals surface area contributed by atoms with Crippen LogP contribution in [0, 0.1) is 0 Å². The molecule has 1 amide bonds. The van der Waals surface area contributed by atoms with Crippen LogP contribution in [0.25, 0.3) is 0 Å². The second-order valence-electron chi connectivity index (χ2n) is 5.68. The number of benzene rings is 1. The topological polar surface area (TPSA) is 55.6 Å². The molecule has 0 aromatic heterocycles. The van der Waals surface area contributed by atoms with E-state index in [0.29, 0.717) is 12.1 Å². The molecule has 1 saturated heterocycles. The molecule has 4 nitrogen and oxygen atoms in total. The third kappa shape index (κ3) is 2.66. The maximum Gasteiger partial charge on any atom is 0.227 e. The van der Waals surface area contributed by atoms with E-state index in [2.05, 4.69) is 6.07 Å². The number of fused-ring (bicyclic) bond motifs is 1. The van der Waals surface area contributed by atoms with Crippen molar-refractivity contribution in [2.45, 2.75) is 44.6 Å². The fourth-order valence-electron chi connectivity index (χ4n) is 3.19. The fraction of sp³-hybridized carbons (Fsp3) is 0.562. The SMILES string of the molecule is Nc1cccc2c1N(C(=O)CCC1CCCCO1)CC2. The average molecular weight is 274 g/mol. The first-order valence-electron chi connectivity index (χ1n) is 7.55. The summed E-state index contributed by atoms with van der Waals surface area (Å²) in [6.45, 7) is 1.60. The second kappa shape index (κ2) is 5.83. The molecule has 2 aliphatic heterocycles. The van der Waals surface area contributed by atoms with Gasteiger partial charge < -0.3 is 15.4 Å². The van der Waals surface area contributed by atoms with Crippen molar-refractivity contribution in [3.05, 3.63) is 23.8 Å². The highest BCUT2D eigenvalue weighted by Crippen LogP contribution is 2.34. The maximum absolute atomic E-state index is 12.4. The Balaban J connectivity index is 1.62. The lowest BCUT2D eigenvalue weighted by Crippen LogP contribution is -2.31. The van der Waals surface area contributed by atoms with Crippen LogP contribution in [0.4, 0.5) is 11.4 Å². The lowest BCUT2D eigenvalue weighted by atomic mass is 10.0. The van der Waals surface area contributed by atoms with E-state index >= 15 is 0 Å². The summed E-state index contributed by atoms with van der Waals surface area (Å²) in [6.07, 6.45) is 6.02. The standard InChI is InChI=1S/C16H22N2O2/c17-14-6-3-4-12-9-10-18(16(12)14)15(19)8-7-13-5-1-2-11-20-13/h3-4,6,13H,1-2,5,7-11,17H2. The molecule has 0 spiro atoms. The minimum absolute atomic E-state index is 0.177. The van der Waals surface area contributed by atoms with Crippen molar-refractivity contribution < 1.29 is 9.53 Å². The summed E-state index contributed by atoms with van der Waals surface area (Å²) in [5.41, 5.74) is 8.85. The highest BCUT2D eigenvalue weighted by molar-refractivity contribution is 5.98. The molecule has 3 rings (SSSR count). The number of amides is 1. The molecule has 0 bridgehead atoms. The molecule has 1 aromatic rings. The second-order valence-corrected chi connectivity index (χ2v) is 5.68. The van der Waals surface area contributed by atoms with E-state index in [1.54, 1.807) is 0 Å². The van der Waals surface area contributed by atoms with Crippen LogP contribution in [0.2, 0.25) is 0 Å². The van der Waals surface area contributed by atoms with Crippen molar-refractivity contribution in [2.24, 2.45) is 0 Å². The smallest absolute Gasteiger partial charge is 0.227 e. The Labute approximate surface area is 119 Å². The first-order chi connectivity index (χ1) is 9.75. The summed E-state index contributed by atoms with van der Waals surface area (Å²) >= 11 is 0. The largest absolute Gasteiger partial charge is 0.397 e. The van der Waals surface area contributed by atoms with Crippen LogP contribution in [0.15, 0.2) is 18.2 Å². The van der Waals surface area contributed by atoms with Crippen LogP contribution in [0.3, 0.4) is 0 Å². The Morgan fingerprint density at radius 3 is 3.10 bits per heavy atom. The van der Waals surface area contributed by atoms with Gasteiger partial charge in [0, 0.05) is 19.6 Å². The number of rotatable bonds is 3. The number of para-hydroxylation sites is 1. The van der Waals surface area contributed by atoms with E-state index < -0.39 is 0 Å². The van der Waals surface area contributed by atoms with Gasteiger partial charge in [0.2, 0.25) is 5.91 Å². The Morgan fingerprint density at radius 2 is 2.30 bits per heavy atom. The molecule has 0 aliphatic carbocycles. The van der Waals surface area contributed by atoms with Gasteiger partial charge in [0.15, 0.2) is 0 Å². The van der Waals surface area contributed by atoms with Gasteiger partial charge in [-0.15, -0.1) is 0 Å². The van der Waals surface area contributed by atoms with Crippen LogP contribution in [-0.4, -0.2) is 25.2 Å². The number of carbonyl (C=O) groups excluding carboxylic acids is 1. The Morgan fingerprint density at radius 1 is 1.40 bits per heavy atom. The molecule has 2 N–H and O–H groups in total. The fourth-order valence-corrected chi connectivity index (χ4v) is 3.19. The molecule has 1 fully saturated rings. The zero-order valence-corrected chi connectivity index (χ0v) is 11.8. The Bertz CT molecular complexity index is 495. The van der Waals surface area contributed by atoms with Gasteiger partial charge >= 0.3 is 0 Å². The van der Waals surface area contributed by atoms with Gasteiger partial charge in [-0.2, -0.15) is 0 Å². The van der Waals surface area contributed by atoms with Gasteiger partial charge in [-0.3, -0.25) is 4.79 Å². The molecule has 0 radical (unpaired) electrons. The van der Waals surface area contributed by atoms with E-state index in [0.717, 1.165) is 44.5 Å². The number of hydrogen-bond acceptors (Lipinski definition) is 3. The summed E-state index contributed by atoms with van der Waals surface area (Å²) < 4.78 is 5.69. The average Bonchev–Trinajstić information content (AvgIpc) is 2.91.